The van der Waals surface area contributed by atoms with Gasteiger partial charge in [0, 0.05) is 20.1 Å². The lowest BCUT2D eigenvalue weighted by atomic mass is 10.4. The number of carbonyl (C=O) groups is 1. The third-order valence-electron chi connectivity index (χ3n) is 2.38. The smallest absolute Gasteiger partial charge is 0.262 e. The predicted molar refractivity (Wildman–Crippen MR) is 70.7 cm³/mol. The minimum atomic E-state index is -3.84. The van der Waals surface area contributed by atoms with Crippen LogP contribution in [0.4, 0.5) is 5.82 Å². The summed E-state index contributed by atoms with van der Waals surface area (Å²) in [5, 5.41) is 2.50. The molecule has 0 spiro atoms. The molecule has 1 aromatic rings. The quantitative estimate of drug-likeness (QED) is 0.733. The molecule has 8 nitrogen and oxygen atoms in total. The average molecular weight is 289 g/mol. The van der Waals surface area contributed by atoms with Gasteiger partial charge in [-0.05, 0) is 13.8 Å². The first-order chi connectivity index (χ1) is 8.66. The van der Waals surface area contributed by atoms with Gasteiger partial charge >= 0.3 is 0 Å². The van der Waals surface area contributed by atoms with Crippen LogP contribution < -0.4 is 11.1 Å². The fourth-order valence-corrected chi connectivity index (χ4v) is 2.86. The van der Waals surface area contributed by atoms with Crippen molar-refractivity contribution in [2.75, 3.05) is 19.3 Å². The van der Waals surface area contributed by atoms with Gasteiger partial charge < -0.3 is 15.6 Å². The van der Waals surface area contributed by atoms with Crippen molar-refractivity contribution in [1.29, 1.82) is 0 Å². The summed E-state index contributed by atoms with van der Waals surface area (Å²) in [6, 6.07) is -0.0506. The van der Waals surface area contributed by atoms with Crippen molar-refractivity contribution in [3.05, 3.63) is 6.33 Å². The first-order valence-corrected chi connectivity index (χ1v) is 7.12. The number of imidazole rings is 1. The predicted octanol–water partition coefficient (Wildman–Crippen LogP) is -0.853. The molecule has 19 heavy (non-hydrogen) atoms. The lowest BCUT2D eigenvalue weighted by Gasteiger charge is -2.18. The van der Waals surface area contributed by atoms with Crippen molar-refractivity contribution in [2.24, 2.45) is 7.05 Å². The number of carbonyl (C=O) groups excluding carboxylic acids is 1. The summed E-state index contributed by atoms with van der Waals surface area (Å²) in [6.07, 6.45) is 1.31. The second-order valence-corrected chi connectivity index (χ2v) is 6.49. The summed E-state index contributed by atoms with van der Waals surface area (Å²) in [5.74, 6) is -0.458. The van der Waals surface area contributed by atoms with Gasteiger partial charge in [-0.3, -0.25) is 4.79 Å². The number of rotatable bonds is 5. The van der Waals surface area contributed by atoms with E-state index in [-0.39, 0.29) is 29.3 Å². The number of aromatic nitrogens is 2. The highest BCUT2D eigenvalue weighted by atomic mass is 32.2. The fraction of sp³-hybridized carbons (Fsp3) is 0.600. The van der Waals surface area contributed by atoms with Gasteiger partial charge in [-0.15, -0.1) is 0 Å². The summed E-state index contributed by atoms with van der Waals surface area (Å²) >= 11 is 0. The van der Waals surface area contributed by atoms with Crippen LogP contribution in [0.5, 0.6) is 0 Å². The maximum atomic E-state index is 12.3. The van der Waals surface area contributed by atoms with Crippen LogP contribution in [0.25, 0.3) is 0 Å². The molecule has 0 bridgehead atoms. The van der Waals surface area contributed by atoms with E-state index in [1.165, 1.54) is 25.0 Å². The lowest BCUT2D eigenvalue weighted by molar-refractivity contribution is -0.121. The van der Waals surface area contributed by atoms with Crippen molar-refractivity contribution in [3.8, 4) is 0 Å². The summed E-state index contributed by atoms with van der Waals surface area (Å²) in [5.41, 5.74) is 5.54. The maximum absolute atomic E-state index is 12.3. The Kier molecular flexibility index (Phi) is 4.53. The molecule has 0 aliphatic heterocycles. The van der Waals surface area contributed by atoms with E-state index >= 15 is 0 Å². The number of nitrogens with one attached hydrogen (secondary N) is 1. The fourth-order valence-electron chi connectivity index (χ4n) is 1.55. The van der Waals surface area contributed by atoms with Gasteiger partial charge in [0.15, 0.2) is 10.8 Å². The van der Waals surface area contributed by atoms with Crippen LogP contribution in [0.2, 0.25) is 0 Å². The maximum Gasteiger partial charge on any atom is 0.262 e. The highest BCUT2D eigenvalue weighted by molar-refractivity contribution is 7.89. The van der Waals surface area contributed by atoms with E-state index < -0.39 is 10.0 Å². The van der Waals surface area contributed by atoms with Gasteiger partial charge in [0.05, 0.1) is 12.9 Å². The monoisotopic (exact) mass is 289 g/mol. The van der Waals surface area contributed by atoms with E-state index in [1.54, 1.807) is 13.8 Å². The van der Waals surface area contributed by atoms with Gasteiger partial charge in [0.2, 0.25) is 5.91 Å². The molecule has 0 atom stereocenters. The number of nitrogen functional groups attached to an aromatic ring is 1. The summed E-state index contributed by atoms with van der Waals surface area (Å²) in [4.78, 5) is 15.3. The molecule has 0 aliphatic rings. The number of hydrogen-bond acceptors (Lipinski definition) is 5. The first kappa shape index (κ1) is 15.4. The first-order valence-electron chi connectivity index (χ1n) is 5.68. The number of likely N-dealkylation sites (N-methyl/N-ethyl adjacent to an activating group) is 1. The van der Waals surface area contributed by atoms with Gasteiger partial charge in [-0.25, -0.2) is 13.4 Å². The highest BCUT2D eigenvalue weighted by Gasteiger charge is 2.28. The van der Waals surface area contributed by atoms with Crippen LogP contribution in [0.1, 0.15) is 13.8 Å². The Hall–Kier alpha value is -1.61. The van der Waals surface area contributed by atoms with E-state index in [1.807, 2.05) is 0 Å². The molecule has 0 saturated carbocycles. The molecule has 1 amide bonds. The molecule has 0 fully saturated rings. The molecule has 108 valence electrons. The molecule has 0 aromatic carbocycles. The van der Waals surface area contributed by atoms with Crippen molar-refractivity contribution < 1.29 is 13.2 Å². The average Bonchev–Trinajstić information content (AvgIpc) is 2.57. The molecule has 3 N–H and O–H groups in total. The number of amides is 1. The van der Waals surface area contributed by atoms with Crippen LogP contribution in [0, 0.1) is 0 Å². The Labute approximate surface area is 112 Å². The number of nitrogens with two attached hydrogens (primary N) is 1. The molecule has 0 aliphatic carbocycles. The molecule has 0 saturated heterocycles. The van der Waals surface area contributed by atoms with Crippen molar-refractivity contribution in [1.82, 2.24) is 19.2 Å². The molecule has 0 unspecified atom stereocenters. The van der Waals surface area contributed by atoms with E-state index in [2.05, 4.69) is 10.3 Å². The van der Waals surface area contributed by atoms with Crippen LogP contribution in [0.15, 0.2) is 11.4 Å². The Balaban J connectivity index is 2.93. The molecule has 9 heteroatoms. The minimum Gasteiger partial charge on any atom is -0.381 e. The zero-order valence-corrected chi connectivity index (χ0v) is 12.2. The number of aryl methyl sites for hydroxylation is 1. The normalized spacial score (nSPS) is 12.1. The molecular formula is C10H19N5O3S. The van der Waals surface area contributed by atoms with Crippen molar-refractivity contribution >= 4 is 21.7 Å². The van der Waals surface area contributed by atoms with Crippen LogP contribution in [-0.2, 0) is 21.9 Å². The largest absolute Gasteiger partial charge is 0.381 e. The van der Waals surface area contributed by atoms with Crippen molar-refractivity contribution in [2.45, 2.75) is 24.9 Å². The second-order valence-electron chi connectivity index (χ2n) is 4.53. The lowest BCUT2D eigenvalue weighted by Crippen LogP contribution is -2.41. The Morgan fingerprint density at radius 2 is 2.16 bits per heavy atom. The standard InChI is InChI=1S/C10H19N5O3S/c1-7(2)13-8(16)5-15(4)19(17,18)10-9(11)12-6-14(10)3/h6-7H,5,11H2,1-4H3,(H,13,16). The van der Waals surface area contributed by atoms with E-state index in [0.29, 0.717) is 0 Å². The Bertz CT molecular complexity index is 544. The summed E-state index contributed by atoms with van der Waals surface area (Å²) in [7, 11) is -0.993. The Morgan fingerprint density at radius 1 is 1.58 bits per heavy atom. The van der Waals surface area contributed by atoms with Gasteiger partial charge in [0.25, 0.3) is 10.0 Å². The zero-order valence-electron chi connectivity index (χ0n) is 11.4. The number of hydrogen-bond donors (Lipinski definition) is 2. The van der Waals surface area contributed by atoms with Crippen LogP contribution >= 0.6 is 0 Å². The molecule has 1 aromatic heterocycles. The molecule has 1 heterocycles. The van der Waals surface area contributed by atoms with E-state index in [9.17, 15) is 13.2 Å². The topological polar surface area (TPSA) is 110 Å². The minimum absolute atomic E-state index is 0.0506. The summed E-state index contributed by atoms with van der Waals surface area (Å²) in [6.45, 7) is 3.32. The molecule has 0 radical (unpaired) electrons. The van der Waals surface area contributed by atoms with Crippen LogP contribution in [-0.4, -0.2) is 47.8 Å². The SMILES string of the molecule is CC(C)NC(=O)CN(C)S(=O)(=O)c1c(N)ncn1C. The van der Waals surface area contributed by atoms with Crippen molar-refractivity contribution in [3.63, 3.8) is 0 Å². The zero-order chi connectivity index (χ0) is 14.8. The third kappa shape index (κ3) is 3.44. The summed E-state index contributed by atoms with van der Waals surface area (Å²) < 4.78 is 26.8. The van der Waals surface area contributed by atoms with Crippen LogP contribution in [0.3, 0.4) is 0 Å². The highest BCUT2D eigenvalue weighted by Crippen LogP contribution is 2.19. The van der Waals surface area contributed by atoms with Gasteiger partial charge in [0.1, 0.15) is 0 Å². The van der Waals surface area contributed by atoms with E-state index in [4.69, 9.17) is 5.73 Å². The Morgan fingerprint density at radius 3 is 2.58 bits per heavy atom. The van der Waals surface area contributed by atoms with Gasteiger partial charge in [-0.2, -0.15) is 4.31 Å². The number of sulfonamides is 1. The van der Waals surface area contributed by atoms with Gasteiger partial charge in [-0.1, -0.05) is 0 Å². The number of anilines is 1. The molecule has 1 rings (SSSR count). The second kappa shape index (κ2) is 5.57. The number of nitrogens with zero attached hydrogens (tertiary/aromatic N) is 3. The molecular weight excluding hydrogens is 270 g/mol. The van der Waals surface area contributed by atoms with E-state index in [0.717, 1.165) is 4.31 Å². The third-order valence-corrected chi connectivity index (χ3v) is 4.32.